The van der Waals surface area contributed by atoms with Crippen LogP contribution in [0.25, 0.3) is 0 Å². The second-order valence-corrected chi connectivity index (χ2v) is 7.30. The van der Waals surface area contributed by atoms with Gasteiger partial charge in [0.1, 0.15) is 5.60 Å². The fourth-order valence-electron chi connectivity index (χ4n) is 2.72. The molecule has 1 aromatic rings. The summed E-state index contributed by atoms with van der Waals surface area (Å²) in [5.74, 6) is -0.383. The van der Waals surface area contributed by atoms with E-state index in [-0.39, 0.29) is 30.1 Å². The Hall–Kier alpha value is -2.31. The van der Waals surface area contributed by atoms with Gasteiger partial charge in [-0.25, -0.2) is 9.18 Å². The zero-order chi connectivity index (χ0) is 18.6. The van der Waals surface area contributed by atoms with E-state index in [1.807, 2.05) is 20.8 Å². The Balaban J connectivity index is 1.95. The number of nitrogens with two attached hydrogens (primary N) is 1. The first kappa shape index (κ1) is 19.0. The van der Waals surface area contributed by atoms with Gasteiger partial charge in [-0.15, -0.1) is 0 Å². The first-order chi connectivity index (χ1) is 11.7. The molecule has 1 atom stereocenters. The average molecular weight is 351 g/mol. The lowest BCUT2D eigenvalue weighted by atomic mass is 9.99. The Morgan fingerprint density at radius 1 is 1.48 bits per heavy atom. The lowest BCUT2D eigenvalue weighted by molar-refractivity contribution is 0.0138. The molecule has 1 amide bonds. The van der Waals surface area contributed by atoms with Crippen molar-refractivity contribution in [1.82, 2.24) is 4.90 Å². The molecule has 7 heteroatoms. The summed E-state index contributed by atoms with van der Waals surface area (Å²) >= 11 is 0. The first-order valence-corrected chi connectivity index (χ1v) is 8.40. The minimum absolute atomic E-state index is 0.0714. The Labute approximate surface area is 147 Å². The van der Waals surface area contributed by atoms with E-state index < -0.39 is 11.4 Å². The summed E-state index contributed by atoms with van der Waals surface area (Å²) in [6.07, 6.45) is 2.48. The van der Waals surface area contributed by atoms with Gasteiger partial charge in [-0.05, 0) is 39.7 Å². The number of anilines is 1. The van der Waals surface area contributed by atoms with Crippen LogP contribution in [0.15, 0.2) is 12.1 Å². The number of ether oxygens (including phenoxy) is 2. The van der Waals surface area contributed by atoms with E-state index in [1.54, 1.807) is 4.90 Å². The van der Waals surface area contributed by atoms with Crippen LogP contribution in [0.4, 0.5) is 14.9 Å². The van der Waals surface area contributed by atoms with Gasteiger partial charge in [-0.1, -0.05) is 0 Å². The zero-order valence-electron chi connectivity index (χ0n) is 15.0. The van der Waals surface area contributed by atoms with Crippen molar-refractivity contribution in [2.24, 2.45) is 5.92 Å². The van der Waals surface area contributed by atoms with Crippen molar-refractivity contribution in [2.75, 3.05) is 25.4 Å². The maximum absolute atomic E-state index is 13.9. The third kappa shape index (κ3) is 5.34. The number of hydrogen-bond donors (Lipinski definition) is 2. The highest BCUT2D eigenvalue weighted by Gasteiger charge is 2.28. The Morgan fingerprint density at radius 2 is 2.20 bits per heavy atom. The summed E-state index contributed by atoms with van der Waals surface area (Å²) in [6.45, 7) is 6.96. The van der Waals surface area contributed by atoms with Gasteiger partial charge in [0.2, 0.25) is 0 Å². The molecule has 0 spiro atoms. The molecule has 0 saturated carbocycles. The van der Waals surface area contributed by atoms with Crippen LogP contribution in [-0.4, -0.2) is 42.5 Å². The van der Waals surface area contributed by atoms with E-state index in [1.165, 1.54) is 6.07 Å². The maximum Gasteiger partial charge on any atom is 0.410 e. The second kappa shape index (κ2) is 7.72. The molecule has 0 aromatic heterocycles. The third-order valence-corrected chi connectivity index (χ3v) is 3.94. The van der Waals surface area contributed by atoms with Gasteiger partial charge in [0.05, 0.1) is 6.61 Å². The van der Waals surface area contributed by atoms with Gasteiger partial charge < -0.3 is 25.5 Å². The van der Waals surface area contributed by atoms with Gasteiger partial charge in [-0.2, -0.15) is 0 Å². The molecule has 1 aliphatic rings. The minimum Gasteiger partial charge on any atom is -0.490 e. The van der Waals surface area contributed by atoms with Crippen molar-refractivity contribution < 1.29 is 18.7 Å². The van der Waals surface area contributed by atoms with Crippen LogP contribution in [0, 0.1) is 17.1 Å². The molecule has 1 unspecified atom stereocenters. The van der Waals surface area contributed by atoms with Crippen molar-refractivity contribution in [2.45, 2.75) is 39.2 Å². The van der Waals surface area contributed by atoms with Gasteiger partial charge >= 0.3 is 6.09 Å². The summed E-state index contributed by atoms with van der Waals surface area (Å²) < 4.78 is 24.9. The van der Waals surface area contributed by atoms with Crippen LogP contribution in [0.5, 0.6) is 5.75 Å². The summed E-state index contributed by atoms with van der Waals surface area (Å²) in [4.78, 5) is 13.8. The number of likely N-dealkylation sites (tertiary alicyclic amines) is 1. The number of amides is 1. The minimum atomic E-state index is -0.553. The predicted octanol–water partition coefficient (Wildman–Crippen LogP) is 3.43. The number of carbonyl (C=O) groups is 1. The number of nitrogens with one attached hydrogen (secondary N) is 1. The van der Waals surface area contributed by atoms with Crippen molar-refractivity contribution in [1.29, 1.82) is 5.41 Å². The smallest absolute Gasteiger partial charge is 0.410 e. The van der Waals surface area contributed by atoms with Gasteiger partial charge in [-0.3, -0.25) is 0 Å². The first-order valence-electron chi connectivity index (χ1n) is 8.40. The molecule has 1 aromatic carbocycles. The molecule has 0 radical (unpaired) electrons. The fourth-order valence-corrected chi connectivity index (χ4v) is 2.72. The van der Waals surface area contributed by atoms with E-state index in [0.29, 0.717) is 18.7 Å². The molecule has 1 aliphatic heterocycles. The van der Waals surface area contributed by atoms with Crippen LogP contribution in [0.2, 0.25) is 0 Å². The Bertz CT molecular complexity index is 643. The lowest BCUT2D eigenvalue weighted by Crippen LogP contribution is -2.44. The molecule has 0 aliphatic carbocycles. The lowest BCUT2D eigenvalue weighted by Gasteiger charge is -2.34. The molecule has 138 valence electrons. The highest BCUT2D eigenvalue weighted by molar-refractivity contribution is 5.85. The summed E-state index contributed by atoms with van der Waals surface area (Å²) in [7, 11) is 0. The number of rotatable bonds is 4. The third-order valence-electron chi connectivity index (χ3n) is 3.94. The van der Waals surface area contributed by atoms with Crippen LogP contribution in [0.3, 0.4) is 0 Å². The number of piperidine rings is 1. The number of hydrogen-bond acceptors (Lipinski definition) is 5. The standard InChI is InChI=1S/C18H26FN3O3/c1-18(2,3)25-17(23)22-6-4-5-12(10-22)11-24-16-7-13(9-20)15(21)8-14(16)19/h7-9,12,20H,4-6,10-11,21H2,1-3H3. The molecular formula is C18H26FN3O3. The van der Waals surface area contributed by atoms with E-state index in [0.717, 1.165) is 25.1 Å². The average Bonchev–Trinajstić information content (AvgIpc) is 2.53. The molecule has 3 N–H and O–H groups in total. The molecule has 1 heterocycles. The zero-order valence-corrected chi connectivity index (χ0v) is 15.0. The maximum atomic E-state index is 13.9. The molecule has 1 fully saturated rings. The van der Waals surface area contributed by atoms with Crippen LogP contribution in [-0.2, 0) is 4.74 Å². The van der Waals surface area contributed by atoms with Crippen LogP contribution in [0.1, 0.15) is 39.2 Å². The summed E-state index contributed by atoms with van der Waals surface area (Å²) in [5, 5.41) is 7.28. The highest BCUT2D eigenvalue weighted by Crippen LogP contribution is 2.25. The highest BCUT2D eigenvalue weighted by atomic mass is 19.1. The molecule has 1 saturated heterocycles. The van der Waals surface area contributed by atoms with E-state index in [9.17, 15) is 9.18 Å². The van der Waals surface area contributed by atoms with E-state index >= 15 is 0 Å². The van der Waals surface area contributed by atoms with Crippen molar-refractivity contribution in [3.05, 3.63) is 23.5 Å². The number of carbonyl (C=O) groups excluding carboxylic acids is 1. The van der Waals surface area contributed by atoms with Crippen molar-refractivity contribution >= 4 is 18.0 Å². The van der Waals surface area contributed by atoms with Crippen LogP contribution >= 0.6 is 0 Å². The van der Waals surface area contributed by atoms with Gasteiger partial charge in [0.15, 0.2) is 11.6 Å². The summed E-state index contributed by atoms with van der Waals surface area (Å²) in [6, 6.07) is 2.58. The fraction of sp³-hybridized carbons (Fsp3) is 0.556. The van der Waals surface area contributed by atoms with Gasteiger partial charge in [0, 0.05) is 42.5 Å². The predicted molar refractivity (Wildman–Crippen MR) is 94.7 cm³/mol. The number of nitrogens with zero attached hydrogens (tertiary/aromatic N) is 1. The topological polar surface area (TPSA) is 88.6 Å². The number of nitrogen functional groups attached to an aromatic ring is 1. The second-order valence-electron chi connectivity index (χ2n) is 7.30. The molecule has 25 heavy (non-hydrogen) atoms. The Kier molecular flexibility index (Phi) is 5.87. The molecule has 0 bridgehead atoms. The number of halogens is 1. The monoisotopic (exact) mass is 351 g/mol. The van der Waals surface area contributed by atoms with Gasteiger partial charge in [0.25, 0.3) is 0 Å². The Morgan fingerprint density at radius 3 is 2.84 bits per heavy atom. The van der Waals surface area contributed by atoms with Crippen molar-refractivity contribution in [3.8, 4) is 5.75 Å². The largest absolute Gasteiger partial charge is 0.490 e. The quantitative estimate of drug-likeness (QED) is 0.642. The van der Waals surface area contributed by atoms with E-state index in [4.69, 9.17) is 20.6 Å². The molecule has 6 nitrogen and oxygen atoms in total. The molecular weight excluding hydrogens is 325 g/mol. The normalized spacial score (nSPS) is 17.9. The van der Waals surface area contributed by atoms with Crippen LogP contribution < -0.4 is 10.5 Å². The SMILES string of the molecule is CC(C)(C)OC(=O)N1CCCC(COc2cc(C=N)c(N)cc2F)C1. The number of benzene rings is 1. The van der Waals surface area contributed by atoms with E-state index in [2.05, 4.69) is 0 Å². The summed E-state index contributed by atoms with van der Waals surface area (Å²) in [5.41, 5.74) is 5.72. The van der Waals surface area contributed by atoms with Crippen molar-refractivity contribution in [3.63, 3.8) is 0 Å². The molecule has 2 rings (SSSR count).